The van der Waals surface area contributed by atoms with Crippen LogP contribution in [0.4, 0.5) is 42.3 Å². The highest BCUT2D eigenvalue weighted by atomic mass is 19.1. The summed E-state index contributed by atoms with van der Waals surface area (Å²) < 4.78 is 45.9. The van der Waals surface area contributed by atoms with Gasteiger partial charge in [0.05, 0.1) is 67.7 Å². The Hall–Kier alpha value is -3.97. The van der Waals surface area contributed by atoms with E-state index in [1.54, 1.807) is 4.90 Å². The van der Waals surface area contributed by atoms with Gasteiger partial charge in [0.2, 0.25) is 0 Å². The number of piperazine rings is 1. The van der Waals surface area contributed by atoms with Crippen LogP contribution in [0.3, 0.4) is 0 Å². The molecule has 11 nitrogen and oxygen atoms in total. The number of ether oxygens (including phenoxy) is 3. The van der Waals surface area contributed by atoms with Crippen LogP contribution in [0, 0.1) is 18.6 Å². The van der Waals surface area contributed by atoms with Gasteiger partial charge in [-0.2, -0.15) is 0 Å². The van der Waals surface area contributed by atoms with Crippen molar-refractivity contribution >= 4 is 45.7 Å². The summed E-state index contributed by atoms with van der Waals surface area (Å²) in [6.07, 6.45) is 1.48. The lowest BCUT2D eigenvalue weighted by molar-refractivity contribution is 0.121. The second-order valence-corrected chi connectivity index (χ2v) is 10.5. The van der Waals surface area contributed by atoms with Crippen LogP contribution in [-0.2, 0) is 14.2 Å². The van der Waals surface area contributed by atoms with Gasteiger partial charge in [-0.25, -0.2) is 23.5 Å². The average Bonchev–Trinajstić information content (AvgIpc) is 3.02. The number of anilines is 5. The van der Waals surface area contributed by atoms with Crippen molar-refractivity contribution in [2.45, 2.75) is 6.92 Å². The zero-order valence-electron chi connectivity index (χ0n) is 23.9. The van der Waals surface area contributed by atoms with Crippen molar-refractivity contribution in [3.8, 4) is 0 Å². The highest BCUT2D eigenvalue weighted by molar-refractivity contribution is 5.99. The normalized spacial score (nSPS) is 18.0. The van der Waals surface area contributed by atoms with Crippen LogP contribution in [0.5, 0.6) is 0 Å². The molecule has 3 saturated heterocycles. The monoisotopic (exact) mass is 583 g/mol. The van der Waals surface area contributed by atoms with Gasteiger partial charge in [0.25, 0.3) is 0 Å². The number of nitrogens with zero attached hydrogens (tertiary/aromatic N) is 6. The molecule has 1 aromatic carbocycles. The topological polar surface area (TPSA) is 95.5 Å². The van der Waals surface area contributed by atoms with Gasteiger partial charge in [-0.3, -0.25) is 0 Å². The number of hydrogen-bond acceptors (Lipinski definition) is 10. The second-order valence-electron chi connectivity index (χ2n) is 10.5. The Labute approximate surface area is 242 Å². The number of halogens is 2. The molecule has 0 spiro atoms. The molecule has 0 bridgehead atoms. The molecule has 1 amide bonds. The van der Waals surface area contributed by atoms with E-state index in [2.05, 4.69) is 15.1 Å². The number of hydrogen-bond donors (Lipinski definition) is 1. The highest BCUT2D eigenvalue weighted by Crippen LogP contribution is 2.39. The van der Waals surface area contributed by atoms with Crippen LogP contribution in [0.15, 0.2) is 24.4 Å². The molecule has 0 atom stereocenters. The summed E-state index contributed by atoms with van der Waals surface area (Å²) in [4.78, 5) is 29.6. The summed E-state index contributed by atoms with van der Waals surface area (Å²) in [5, 5.41) is 3.72. The fourth-order valence-electron chi connectivity index (χ4n) is 5.78. The first-order valence-corrected chi connectivity index (χ1v) is 14.2. The molecule has 1 N–H and O–H groups in total. The van der Waals surface area contributed by atoms with Gasteiger partial charge in [0.15, 0.2) is 5.82 Å². The maximum Gasteiger partial charge on any atom is 0.409 e. The quantitative estimate of drug-likeness (QED) is 0.481. The van der Waals surface area contributed by atoms with Crippen LogP contribution >= 0.6 is 0 Å². The first-order chi connectivity index (χ1) is 20.4. The summed E-state index contributed by atoms with van der Waals surface area (Å²) in [6, 6.07) is 4.17. The van der Waals surface area contributed by atoms with Gasteiger partial charge in [0, 0.05) is 70.1 Å². The Morgan fingerprint density at radius 3 is 2.19 bits per heavy atom. The van der Waals surface area contributed by atoms with E-state index in [9.17, 15) is 9.18 Å². The molecule has 42 heavy (non-hydrogen) atoms. The van der Waals surface area contributed by atoms with Crippen molar-refractivity contribution < 1.29 is 27.8 Å². The predicted molar refractivity (Wildman–Crippen MR) is 156 cm³/mol. The number of benzene rings is 1. The van der Waals surface area contributed by atoms with E-state index in [1.165, 1.54) is 13.2 Å². The minimum atomic E-state index is -0.700. The molecule has 0 saturated carbocycles. The van der Waals surface area contributed by atoms with Crippen LogP contribution in [0.2, 0.25) is 0 Å². The zero-order valence-corrected chi connectivity index (χ0v) is 23.9. The van der Waals surface area contributed by atoms with Crippen molar-refractivity contribution in [3.05, 3.63) is 41.6 Å². The van der Waals surface area contributed by atoms with Gasteiger partial charge in [-0.15, -0.1) is 0 Å². The van der Waals surface area contributed by atoms with Gasteiger partial charge >= 0.3 is 6.09 Å². The minimum absolute atomic E-state index is 0.204. The lowest BCUT2D eigenvalue weighted by atomic mass is 10.1. The molecule has 0 radical (unpaired) electrons. The van der Waals surface area contributed by atoms with Gasteiger partial charge in [0.1, 0.15) is 17.5 Å². The van der Waals surface area contributed by atoms with E-state index in [4.69, 9.17) is 24.2 Å². The number of aromatic nitrogens is 2. The van der Waals surface area contributed by atoms with E-state index in [0.29, 0.717) is 88.5 Å². The lowest BCUT2D eigenvalue weighted by Crippen LogP contribution is -2.49. The van der Waals surface area contributed by atoms with Crippen molar-refractivity contribution in [2.24, 2.45) is 0 Å². The van der Waals surface area contributed by atoms with Crippen molar-refractivity contribution in [3.63, 3.8) is 0 Å². The summed E-state index contributed by atoms with van der Waals surface area (Å²) in [7, 11) is 1.36. The first-order valence-electron chi connectivity index (χ1n) is 14.2. The molecule has 224 valence electrons. The predicted octanol–water partition coefficient (Wildman–Crippen LogP) is 3.52. The van der Waals surface area contributed by atoms with Crippen LogP contribution in [-0.4, -0.2) is 107 Å². The number of pyridine rings is 2. The average molecular weight is 584 g/mol. The molecule has 0 aliphatic carbocycles. The third-order valence-electron chi connectivity index (χ3n) is 8.03. The minimum Gasteiger partial charge on any atom is -0.453 e. The standard InChI is InChI=1S/C29H35F2N7O4/c1-19-26(33-24-17-21(35-7-11-41-12-8-35)18-32-28(24)37-9-13-42-14-10-37)25-22(31)15-20(30)16-23(25)34-27(19)36-3-5-38(6-4-36)29(39)40-2/h15-18H,3-14H2,1-2H3,(H,33,34). The molecule has 5 heterocycles. The van der Waals surface area contributed by atoms with E-state index in [1.807, 2.05) is 24.1 Å². The largest absolute Gasteiger partial charge is 0.453 e. The van der Waals surface area contributed by atoms with Gasteiger partial charge in [-0.05, 0) is 13.0 Å². The number of carbonyl (C=O) groups excluding carboxylic acids is 1. The number of rotatable bonds is 5. The van der Waals surface area contributed by atoms with Crippen molar-refractivity contribution in [1.82, 2.24) is 14.9 Å². The number of carbonyl (C=O) groups is 1. The van der Waals surface area contributed by atoms with Crippen LogP contribution in [0.25, 0.3) is 10.9 Å². The lowest BCUT2D eigenvalue weighted by Gasteiger charge is -2.36. The number of methoxy groups -OCH3 is 1. The molecular formula is C29H35F2N7O4. The Kier molecular flexibility index (Phi) is 8.11. The molecule has 3 fully saturated rings. The zero-order chi connectivity index (χ0) is 29.2. The van der Waals surface area contributed by atoms with E-state index < -0.39 is 11.6 Å². The van der Waals surface area contributed by atoms with Crippen molar-refractivity contribution in [2.75, 3.05) is 106 Å². The Morgan fingerprint density at radius 1 is 0.881 bits per heavy atom. The van der Waals surface area contributed by atoms with Crippen molar-refractivity contribution in [1.29, 1.82) is 0 Å². The molecule has 6 rings (SSSR count). The summed E-state index contributed by atoms with van der Waals surface area (Å²) in [6.45, 7) is 9.02. The highest BCUT2D eigenvalue weighted by Gasteiger charge is 2.27. The third kappa shape index (κ3) is 5.58. The molecule has 3 aliphatic rings. The Bertz CT molecular complexity index is 1460. The number of nitrogens with one attached hydrogen (secondary N) is 1. The Balaban J connectivity index is 1.43. The van der Waals surface area contributed by atoms with Gasteiger partial charge in [-0.1, -0.05) is 0 Å². The fourth-order valence-corrected chi connectivity index (χ4v) is 5.78. The third-order valence-corrected chi connectivity index (χ3v) is 8.03. The maximum absolute atomic E-state index is 15.5. The molecule has 2 aromatic heterocycles. The molecule has 3 aromatic rings. The maximum atomic E-state index is 15.5. The van der Waals surface area contributed by atoms with Crippen LogP contribution < -0.4 is 20.0 Å². The van der Waals surface area contributed by atoms with E-state index in [-0.39, 0.29) is 17.0 Å². The Morgan fingerprint density at radius 2 is 1.52 bits per heavy atom. The molecule has 3 aliphatic heterocycles. The first kappa shape index (κ1) is 28.2. The summed E-state index contributed by atoms with van der Waals surface area (Å²) in [5.74, 6) is -0.0655. The second kappa shape index (κ2) is 12.1. The van der Waals surface area contributed by atoms with Crippen LogP contribution in [0.1, 0.15) is 5.56 Å². The number of morpholine rings is 2. The number of fused-ring (bicyclic) bond motifs is 1. The SMILES string of the molecule is COC(=O)N1CCN(c2nc3cc(F)cc(F)c3c(Nc3cc(N4CCOCC4)cnc3N3CCOCC3)c2C)CC1. The summed E-state index contributed by atoms with van der Waals surface area (Å²) in [5.41, 5.74) is 3.06. The smallest absolute Gasteiger partial charge is 0.409 e. The molecular weight excluding hydrogens is 548 g/mol. The summed E-state index contributed by atoms with van der Waals surface area (Å²) >= 11 is 0. The van der Waals surface area contributed by atoms with E-state index in [0.717, 1.165) is 30.7 Å². The number of amides is 1. The molecule has 0 unspecified atom stereocenters. The van der Waals surface area contributed by atoms with Gasteiger partial charge < -0.3 is 39.1 Å². The van der Waals surface area contributed by atoms with E-state index >= 15 is 4.39 Å². The molecule has 13 heteroatoms. The fraction of sp³-hybridized carbons (Fsp3) is 0.483.